The van der Waals surface area contributed by atoms with Gasteiger partial charge in [0.15, 0.2) is 17.2 Å². The zero-order valence-electron chi connectivity index (χ0n) is 18.8. The van der Waals surface area contributed by atoms with Gasteiger partial charge in [0.25, 0.3) is 0 Å². The lowest BCUT2D eigenvalue weighted by atomic mass is 9.44. The summed E-state index contributed by atoms with van der Waals surface area (Å²) in [7, 11) is 0. The number of rotatable bonds is 2. The van der Waals surface area contributed by atoms with E-state index in [1.807, 2.05) is 27.7 Å². The third-order valence-electron chi connectivity index (χ3n) is 9.35. The normalized spacial score (nSPS) is 52.1. The van der Waals surface area contributed by atoms with Crippen molar-refractivity contribution in [1.29, 1.82) is 0 Å². The van der Waals surface area contributed by atoms with E-state index in [1.165, 1.54) is 6.08 Å². The molecule has 2 N–H and O–H groups in total. The maximum atomic E-state index is 17.2. The summed E-state index contributed by atoms with van der Waals surface area (Å²) in [6, 6.07) is 0. The van der Waals surface area contributed by atoms with Gasteiger partial charge in [0.05, 0.1) is 18.8 Å². The first kappa shape index (κ1) is 21.5. The number of aliphatic hydroxyl groups is 2. The van der Waals surface area contributed by atoms with Crippen molar-refractivity contribution in [3.63, 3.8) is 0 Å². The lowest BCUT2D eigenvalue weighted by Gasteiger charge is -2.63. The van der Waals surface area contributed by atoms with Crippen molar-refractivity contribution in [3.05, 3.63) is 36.0 Å². The lowest BCUT2D eigenvalue weighted by molar-refractivity contribution is -0.242. The molecule has 4 fully saturated rings. The molecule has 1 saturated heterocycles. The molecule has 4 aliphatic carbocycles. The summed E-state index contributed by atoms with van der Waals surface area (Å²) in [5, 5.41) is 21.5. The summed E-state index contributed by atoms with van der Waals surface area (Å²) < 4.78 is 30.0. The Morgan fingerprint density at radius 3 is 2.68 bits per heavy atom. The van der Waals surface area contributed by atoms with E-state index >= 15 is 4.39 Å². The van der Waals surface area contributed by atoms with Crippen LogP contribution in [0.2, 0.25) is 0 Å². The van der Waals surface area contributed by atoms with Gasteiger partial charge < -0.3 is 19.7 Å². The minimum atomic E-state index is -1.89. The van der Waals surface area contributed by atoms with Crippen LogP contribution in [0.1, 0.15) is 53.4 Å². The number of carbonyl (C=O) groups is 1. The van der Waals surface area contributed by atoms with Crippen LogP contribution in [0.15, 0.2) is 36.0 Å². The molecule has 0 radical (unpaired) electrons. The minimum Gasteiger partial charge on any atom is -0.392 e. The van der Waals surface area contributed by atoms with E-state index in [0.717, 1.165) is 5.57 Å². The van der Waals surface area contributed by atoms with Gasteiger partial charge in [-0.05, 0) is 70.1 Å². The Labute approximate surface area is 183 Å². The van der Waals surface area contributed by atoms with Crippen molar-refractivity contribution in [2.24, 2.45) is 22.7 Å². The molecule has 1 heterocycles. The maximum Gasteiger partial charge on any atom is 0.178 e. The van der Waals surface area contributed by atoms with Crippen molar-refractivity contribution < 1.29 is 28.9 Å². The van der Waals surface area contributed by atoms with Gasteiger partial charge in [-0.25, -0.2) is 4.39 Å². The summed E-state index contributed by atoms with van der Waals surface area (Å²) in [4.78, 5) is 12.0. The molecule has 5 aliphatic rings. The van der Waals surface area contributed by atoms with Gasteiger partial charge >= 0.3 is 0 Å². The Morgan fingerprint density at radius 1 is 1.29 bits per heavy atom. The zero-order chi connectivity index (χ0) is 22.6. The van der Waals surface area contributed by atoms with Crippen LogP contribution in [0.3, 0.4) is 0 Å². The largest absolute Gasteiger partial charge is 0.392 e. The van der Waals surface area contributed by atoms with E-state index < -0.39 is 39.9 Å². The fourth-order valence-corrected chi connectivity index (χ4v) is 8.07. The fraction of sp³-hybridized carbons (Fsp3) is 0.720. The first-order valence-corrected chi connectivity index (χ1v) is 11.3. The second-order valence-corrected chi connectivity index (χ2v) is 11.1. The van der Waals surface area contributed by atoms with Gasteiger partial charge in [-0.2, -0.15) is 0 Å². The third kappa shape index (κ3) is 2.32. The Kier molecular flexibility index (Phi) is 4.27. The van der Waals surface area contributed by atoms with E-state index in [1.54, 1.807) is 12.2 Å². The molecule has 0 aromatic heterocycles. The van der Waals surface area contributed by atoms with E-state index in [4.69, 9.17) is 9.47 Å². The molecule has 170 valence electrons. The first-order valence-electron chi connectivity index (χ1n) is 11.3. The molecule has 3 saturated carbocycles. The van der Waals surface area contributed by atoms with Gasteiger partial charge in [-0.1, -0.05) is 25.2 Å². The summed E-state index contributed by atoms with van der Waals surface area (Å²) in [5.41, 5.74) is -3.25. The molecule has 0 amide bonds. The molecule has 1 unspecified atom stereocenters. The molecule has 0 aromatic rings. The number of allylic oxidation sites excluding steroid dienone is 4. The molecule has 5 rings (SSSR count). The molecule has 0 bridgehead atoms. The number of ether oxygens (including phenoxy) is 2. The van der Waals surface area contributed by atoms with Crippen LogP contribution in [0.4, 0.5) is 4.39 Å². The van der Waals surface area contributed by atoms with Gasteiger partial charge in [0.1, 0.15) is 5.60 Å². The Hall–Kier alpha value is -1.34. The third-order valence-corrected chi connectivity index (χ3v) is 9.35. The van der Waals surface area contributed by atoms with Crippen molar-refractivity contribution >= 4 is 5.78 Å². The summed E-state index contributed by atoms with van der Waals surface area (Å²) in [6.07, 6.45) is 4.95. The zero-order valence-corrected chi connectivity index (χ0v) is 18.8. The number of hydrogen-bond donors (Lipinski definition) is 2. The molecule has 5 nitrogen and oxygen atoms in total. The highest BCUT2D eigenvalue weighted by molar-refractivity contribution is 6.01. The van der Waals surface area contributed by atoms with E-state index in [9.17, 15) is 15.0 Å². The quantitative estimate of drug-likeness (QED) is 0.654. The molecular weight excluding hydrogens is 399 g/mol. The van der Waals surface area contributed by atoms with Gasteiger partial charge in [0.2, 0.25) is 0 Å². The summed E-state index contributed by atoms with van der Waals surface area (Å²) >= 11 is 0. The molecular formula is C25H33FO5. The van der Waals surface area contributed by atoms with E-state index in [2.05, 4.69) is 6.58 Å². The second kappa shape index (κ2) is 6.16. The average Bonchev–Trinajstić information content (AvgIpc) is 3.09. The number of carbonyl (C=O) groups excluding carboxylic acids is 1. The van der Waals surface area contributed by atoms with Crippen LogP contribution in [-0.4, -0.2) is 51.9 Å². The maximum absolute atomic E-state index is 17.2. The Morgan fingerprint density at radius 2 is 2.00 bits per heavy atom. The van der Waals surface area contributed by atoms with Gasteiger partial charge in [0, 0.05) is 16.7 Å². The Bertz CT molecular complexity index is 923. The van der Waals surface area contributed by atoms with Crippen LogP contribution in [0.25, 0.3) is 0 Å². The van der Waals surface area contributed by atoms with Crippen LogP contribution < -0.4 is 0 Å². The average molecular weight is 433 g/mol. The number of ketones is 1. The minimum absolute atomic E-state index is 0.116. The number of halogens is 1. The highest BCUT2D eigenvalue weighted by Crippen LogP contribution is 2.73. The number of alkyl halides is 1. The monoisotopic (exact) mass is 432 g/mol. The molecule has 31 heavy (non-hydrogen) atoms. The van der Waals surface area contributed by atoms with Crippen LogP contribution in [-0.2, 0) is 14.3 Å². The van der Waals surface area contributed by atoms with Crippen LogP contribution >= 0.6 is 0 Å². The van der Waals surface area contributed by atoms with E-state index in [-0.39, 0.29) is 30.8 Å². The standard InChI is InChI=1S/C25H33FO5/c1-14(13-27)25-20(30-21(2,3)31-25)11-18-17-7-6-15-10-16(28)8-9-22(15,4)24(17,26)19(29)12-23(18,25)5/h8-10,17-20,27,29H,1,6-7,11-13H2,2-5H3/t17-,18-,19-,20+,22-,23-,24-,25?/m0/s1. The molecule has 8 atom stereocenters. The second-order valence-electron chi connectivity index (χ2n) is 11.1. The molecule has 0 aromatic carbocycles. The lowest BCUT2D eigenvalue weighted by Crippen LogP contribution is -2.69. The fourth-order valence-electron chi connectivity index (χ4n) is 8.07. The van der Waals surface area contributed by atoms with Crippen molar-refractivity contribution in [3.8, 4) is 0 Å². The van der Waals surface area contributed by atoms with Crippen LogP contribution in [0, 0.1) is 22.7 Å². The predicted octanol–water partition coefficient (Wildman–Crippen LogP) is 3.41. The van der Waals surface area contributed by atoms with Crippen molar-refractivity contribution in [2.45, 2.75) is 82.6 Å². The molecule has 6 heteroatoms. The van der Waals surface area contributed by atoms with Crippen molar-refractivity contribution in [2.75, 3.05) is 6.61 Å². The predicted molar refractivity (Wildman–Crippen MR) is 113 cm³/mol. The smallest absolute Gasteiger partial charge is 0.178 e. The molecule has 0 spiro atoms. The summed E-state index contributed by atoms with van der Waals surface area (Å²) in [5.74, 6) is -1.52. The van der Waals surface area contributed by atoms with Crippen molar-refractivity contribution in [1.82, 2.24) is 0 Å². The van der Waals surface area contributed by atoms with Gasteiger partial charge in [-0.15, -0.1) is 0 Å². The number of hydrogen-bond acceptors (Lipinski definition) is 5. The molecule has 1 aliphatic heterocycles. The highest BCUT2D eigenvalue weighted by Gasteiger charge is 2.78. The van der Waals surface area contributed by atoms with E-state index in [0.29, 0.717) is 24.8 Å². The Balaban J connectivity index is 1.64. The first-order chi connectivity index (χ1) is 14.4. The topological polar surface area (TPSA) is 76.0 Å². The number of aliphatic hydroxyl groups excluding tert-OH is 2. The van der Waals surface area contributed by atoms with Gasteiger partial charge in [-0.3, -0.25) is 4.79 Å². The summed E-state index contributed by atoms with van der Waals surface area (Å²) in [6.45, 7) is 11.4. The van der Waals surface area contributed by atoms with Crippen LogP contribution in [0.5, 0.6) is 0 Å². The number of fused-ring (bicyclic) bond motifs is 7. The SMILES string of the molecule is C=C(CO)C12OC(C)(C)O[C@@H]1C[C@H]1[C@@H]3CCC4=CC(=O)C=C[C@]4(C)[C@@]3(F)[C@@H](O)C[C@@]12C. The highest BCUT2D eigenvalue weighted by atomic mass is 19.1.